The Morgan fingerprint density at radius 1 is 1.69 bits per heavy atom. The van der Waals surface area contributed by atoms with Crippen LogP contribution in [0.4, 0.5) is 0 Å². The van der Waals surface area contributed by atoms with Crippen LogP contribution in [0.15, 0.2) is 11.4 Å². The van der Waals surface area contributed by atoms with E-state index in [4.69, 9.17) is 21.1 Å². The normalized spacial score (nSPS) is 16.7. The van der Waals surface area contributed by atoms with E-state index in [-0.39, 0.29) is 12.1 Å². The van der Waals surface area contributed by atoms with E-state index in [2.05, 4.69) is 0 Å². The van der Waals surface area contributed by atoms with E-state index in [1.54, 1.807) is 11.4 Å². The number of carbonyl (C=O) groups is 1. The monoisotopic (exact) mass is 218 g/mol. The lowest BCUT2D eigenvalue weighted by Gasteiger charge is -2.25. The van der Waals surface area contributed by atoms with Crippen LogP contribution in [0.25, 0.3) is 0 Å². The Kier molecular flexibility index (Phi) is 2.53. The summed E-state index contributed by atoms with van der Waals surface area (Å²) in [5.41, 5.74) is 0.516. The van der Waals surface area contributed by atoms with Crippen LogP contribution in [0.1, 0.15) is 10.4 Å². The Morgan fingerprint density at radius 2 is 2.46 bits per heavy atom. The third-order valence-electron chi connectivity index (χ3n) is 1.68. The quantitative estimate of drug-likeness (QED) is 0.712. The van der Waals surface area contributed by atoms with Crippen molar-refractivity contribution in [2.45, 2.75) is 6.10 Å². The van der Waals surface area contributed by atoms with Crippen LogP contribution in [-0.4, -0.2) is 25.3 Å². The highest BCUT2D eigenvalue weighted by molar-refractivity contribution is 7.14. The van der Waals surface area contributed by atoms with Gasteiger partial charge in [-0.25, -0.2) is 4.79 Å². The number of rotatable bonds is 2. The van der Waals surface area contributed by atoms with E-state index < -0.39 is 0 Å². The summed E-state index contributed by atoms with van der Waals surface area (Å²) in [6.07, 6.45) is -0.0776. The molecule has 1 fully saturated rings. The van der Waals surface area contributed by atoms with E-state index >= 15 is 0 Å². The summed E-state index contributed by atoms with van der Waals surface area (Å²) in [5, 5.41) is 1.68. The van der Waals surface area contributed by atoms with E-state index in [0.717, 1.165) is 0 Å². The Bertz CT molecular complexity index is 319. The van der Waals surface area contributed by atoms with Crippen LogP contribution in [0.3, 0.4) is 0 Å². The van der Waals surface area contributed by atoms with Gasteiger partial charge in [-0.05, 0) is 6.07 Å². The third-order valence-corrected chi connectivity index (χ3v) is 2.78. The van der Waals surface area contributed by atoms with E-state index in [1.165, 1.54) is 11.3 Å². The van der Waals surface area contributed by atoms with Crippen molar-refractivity contribution in [1.82, 2.24) is 0 Å². The number of hydrogen-bond donors (Lipinski definition) is 0. The molecule has 0 bridgehead atoms. The maximum Gasteiger partial charge on any atom is 0.339 e. The van der Waals surface area contributed by atoms with Crippen molar-refractivity contribution in [3.63, 3.8) is 0 Å². The molecule has 0 unspecified atom stereocenters. The van der Waals surface area contributed by atoms with Crippen LogP contribution in [0.2, 0.25) is 4.34 Å². The van der Waals surface area contributed by atoms with E-state index in [1.807, 2.05) is 0 Å². The van der Waals surface area contributed by atoms with Crippen molar-refractivity contribution in [2.24, 2.45) is 0 Å². The molecular formula is C8H7ClO3S. The highest BCUT2D eigenvalue weighted by atomic mass is 35.5. The number of carbonyl (C=O) groups excluding carboxylic acids is 1. The maximum absolute atomic E-state index is 11.3. The molecule has 0 atom stereocenters. The molecule has 1 aromatic heterocycles. The second-order valence-corrected chi connectivity index (χ2v) is 4.25. The van der Waals surface area contributed by atoms with Crippen molar-refractivity contribution < 1.29 is 14.3 Å². The van der Waals surface area contributed by atoms with Gasteiger partial charge < -0.3 is 9.47 Å². The highest BCUT2D eigenvalue weighted by Crippen LogP contribution is 2.21. The van der Waals surface area contributed by atoms with Gasteiger partial charge >= 0.3 is 5.97 Å². The molecule has 3 nitrogen and oxygen atoms in total. The minimum atomic E-state index is -0.323. The number of halogens is 1. The minimum absolute atomic E-state index is 0.0776. The summed E-state index contributed by atoms with van der Waals surface area (Å²) in [5.74, 6) is -0.323. The largest absolute Gasteiger partial charge is 0.454 e. The van der Waals surface area contributed by atoms with Gasteiger partial charge in [-0.3, -0.25) is 0 Å². The second kappa shape index (κ2) is 3.65. The molecule has 0 N–H and O–H groups in total. The van der Waals surface area contributed by atoms with Crippen molar-refractivity contribution in [3.05, 3.63) is 21.3 Å². The highest BCUT2D eigenvalue weighted by Gasteiger charge is 2.23. The summed E-state index contributed by atoms with van der Waals surface area (Å²) >= 11 is 6.99. The van der Waals surface area contributed by atoms with Gasteiger partial charge in [-0.15, -0.1) is 11.3 Å². The molecule has 70 valence electrons. The summed E-state index contributed by atoms with van der Waals surface area (Å²) in [4.78, 5) is 11.3. The lowest BCUT2D eigenvalue weighted by molar-refractivity contribution is -0.103. The van der Waals surface area contributed by atoms with Gasteiger partial charge in [-0.2, -0.15) is 0 Å². The number of thiophene rings is 1. The molecule has 0 amide bonds. The Hall–Kier alpha value is -0.580. The summed E-state index contributed by atoms with van der Waals surface area (Å²) in [6.45, 7) is 1.01. The first-order valence-corrected chi connectivity index (χ1v) is 5.04. The van der Waals surface area contributed by atoms with E-state index in [0.29, 0.717) is 23.1 Å². The second-order valence-electron chi connectivity index (χ2n) is 2.70. The van der Waals surface area contributed by atoms with Crippen LogP contribution in [0.5, 0.6) is 0 Å². The molecular weight excluding hydrogens is 212 g/mol. The first-order chi connectivity index (χ1) is 6.25. The van der Waals surface area contributed by atoms with Crippen LogP contribution < -0.4 is 0 Å². The third kappa shape index (κ3) is 2.02. The molecule has 1 aliphatic rings. The zero-order valence-corrected chi connectivity index (χ0v) is 8.23. The molecule has 0 aromatic carbocycles. The fraction of sp³-hybridized carbons (Fsp3) is 0.375. The number of ether oxygens (including phenoxy) is 2. The summed E-state index contributed by atoms with van der Waals surface area (Å²) in [6, 6.07) is 1.61. The standard InChI is InChI=1S/C8H7ClO3S/c9-7-1-5(4-13-7)8(10)12-6-2-11-3-6/h1,4,6H,2-3H2. The molecule has 0 saturated carbocycles. The molecule has 2 rings (SSSR count). The zero-order chi connectivity index (χ0) is 9.26. The van der Waals surface area contributed by atoms with Gasteiger partial charge in [0.1, 0.15) is 6.10 Å². The van der Waals surface area contributed by atoms with Crippen LogP contribution in [0, 0.1) is 0 Å². The SMILES string of the molecule is O=C(OC1COC1)c1csc(Cl)c1. The Balaban J connectivity index is 1.96. The average molecular weight is 219 g/mol. The first kappa shape index (κ1) is 8.99. The Labute approximate surface area is 84.2 Å². The fourth-order valence-electron chi connectivity index (χ4n) is 0.919. The maximum atomic E-state index is 11.3. The van der Waals surface area contributed by atoms with Gasteiger partial charge in [0.15, 0.2) is 0 Å². The molecule has 1 saturated heterocycles. The molecule has 5 heteroatoms. The molecule has 1 aromatic rings. The van der Waals surface area contributed by atoms with Crippen LogP contribution in [-0.2, 0) is 9.47 Å². The van der Waals surface area contributed by atoms with Crippen molar-refractivity contribution >= 4 is 28.9 Å². The molecule has 0 radical (unpaired) electrons. The lowest BCUT2D eigenvalue weighted by atomic mass is 10.3. The predicted molar refractivity (Wildman–Crippen MR) is 49.4 cm³/mol. The molecule has 0 spiro atoms. The molecule has 0 aliphatic carbocycles. The molecule has 2 heterocycles. The molecule has 1 aliphatic heterocycles. The van der Waals surface area contributed by atoms with E-state index in [9.17, 15) is 4.79 Å². The number of hydrogen-bond acceptors (Lipinski definition) is 4. The summed E-state index contributed by atoms with van der Waals surface area (Å²) < 4.78 is 10.5. The van der Waals surface area contributed by atoms with Gasteiger partial charge in [0, 0.05) is 5.38 Å². The van der Waals surface area contributed by atoms with Crippen LogP contribution >= 0.6 is 22.9 Å². The molecule has 13 heavy (non-hydrogen) atoms. The lowest BCUT2D eigenvalue weighted by Crippen LogP contribution is -2.37. The summed E-state index contributed by atoms with van der Waals surface area (Å²) in [7, 11) is 0. The minimum Gasteiger partial charge on any atom is -0.454 e. The van der Waals surface area contributed by atoms with Crippen molar-refractivity contribution in [1.29, 1.82) is 0 Å². The average Bonchev–Trinajstić information content (AvgIpc) is 2.44. The van der Waals surface area contributed by atoms with Gasteiger partial charge in [-0.1, -0.05) is 11.6 Å². The van der Waals surface area contributed by atoms with Gasteiger partial charge in [0.2, 0.25) is 0 Å². The topological polar surface area (TPSA) is 35.5 Å². The fourth-order valence-corrected chi connectivity index (χ4v) is 1.77. The Morgan fingerprint density at radius 3 is 2.92 bits per heavy atom. The van der Waals surface area contributed by atoms with Crippen molar-refractivity contribution in [3.8, 4) is 0 Å². The van der Waals surface area contributed by atoms with Crippen molar-refractivity contribution in [2.75, 3.05) is 13.2 Å². The first-order valence-electron chi connectivity index (χ1n) is 3.78. The number of esters is 1. The zero-order valence-electron chi connectivity index (χ0n) is 6.66. The smallest absolute Gasteiger partial charge is 0.339 e. The van der Waals surface area contributed by atoms with Gasteiger partial charge in [0.05, 0.1) is 23.1 Å². The van der Waals surface area contributed by atoms with Gasteiger partial charge in [0.25, 0.3) is 0 Å². The predicted octanol–water partition coefficient (Wildman–Crippen LogP) is 1.96.